The number of hydrogen-bond acceptors (Lipinski definition) is 3. The predicted octanol–water partition coefficient (Wildman–Crippen LogP) is 2.65. The second kappa shape index (κ2) is 9.20. The van der Waals surface area contributed by atoms with Gasteiger partial charge in [-0.2, -0.15) is 0 Å². The zero-order valence-corrected chi connectivity index (χ0v) is 15.3. The lowest BCUT2D eigenvalue weighted by atomic mass is 9.88. The standard InChI is InChI=1S/C19H28N2O4/c1-13(22)20-16(14-8-6-5-7-9-14)12-17(23)21-15(18(24)25)10-11-19(2,3)4/h5-9,15-16H,10-12H2,1-4H3,(H,20,22)(H,21,23)(H,24,25). The number of benzene rings is 1. The zero-order chi connectivity index (χ0) is 19.0. The summed E-state index contributed by atoms with van der Waals surface area (Å²) in [6.45, 7) is 7.46. The van der Waals surface area contributed by atoms with Gasteiger partial charge in [0.15, 0.2) is 0 Å². The maximum atomic E-state index is 12.3. The van der Waals surface area contributed by atoms with Crippen LogP contribution in [0.25, 0.3) is 0 Å². The summed E-state index contributed by atoms with van der Waals surface area (Å²) in [4.78, 5) is 35.1. The Bertz CT molecular complexity index is 593. The molecule has 2 atom stereocenters. The first-order valence-electron chi connectivity index (χ1n) is 8.42. The highest BCUT2D eigenvalue weighted by molar-refractivity contribution is 5.84. The Hall–Kier alpha value is -2.37. The van der Waals surface area contributed by atoms with Gasteiger partial charge in [0.1, 0.15) is 6.04 Å². The molecule has 25 heavy (non-hydrogen) atoms. The summed E-state index contributed by atoms with van der Waals surface area (Å²) in [5, 5.41) is 14.6. The van der Waals surface area contributed by atoms with Gasteiger partial charge in [-0.05, 0) is 23.8 Å². The Morgan fingerprint density at radius 3 is 2.16 bits per heavy atom. The van der Waals surface area contributed by atoms with Crippen LogP contribution in [-0.2, 0) is 14.4 Å². The fourth-order valence-corrected chi connectivity index (χ4v) is 2.46. The highest BCUT2D eigenvalue weighted by Gasteiger charge is 2.24. The van der Waals surface area contributed by atoms with E-state index in [9.17, 15) is 19.5 Å². The van der Waals surface area contributed by atoms with Gasteiger partial charge in [-0.1, -0.05) is 51.1 Å². The molecule has 0 aliphatic carbocycles. The summed E-state index contributed by atoms with van der Waals surface area (Å²) < 4.78 is 0. The molecule has 0 saturated carbocycles. The first-order valence-corrected chi connectivity index (χ1v) is 8.42. The number of carboxylic acids is 1. The van der Waals surface area contributed by atoms with Gasteiger partial charge in [0, 0.05) is 6.92 Å². The van der Waals surface area contributed by atoms with Crippen molar-refractivity contribution in [2.24, 2.45) is 5.41 Å². The van der Waals surface area contributed by atoms with E-state index < -0.39 is 24.0 Å². The first kappa shape index (κ1) is 20.7. The third-order valence-electron chi connectivity index (χ3n) is 3.79. The molecule has 2 amide bonds. The molecule has 1 aromatic carbocycles. The molecule has 0 bridgehead atoms. The lowest BCUT2D eigenvalue weighted by Gasteiger charge is -2.23. The molecular weight excluding hydrogens is 320 g/mol. The molecule has 2 unspecified atom stereocenters. The van der Waals surface area contributed by atoms with Gasteiger partial charge in [-0.25, -0.2) is 4.79 Å². The maximum Gasteiger partial charge on any atom is 0.326 e. The monoisotopic (exact) mass is 348 g/mol. The van der Waals surface area contributed by atoms with Gasteiger partial charge in [0.2, 0.25) is 11.8 Å². The van der Waals surface area contributed by atoms with E-state index in [1.54, 1.807) is 0 Å². The zero-order valence-electron chi connectivity index (χ0n) is 15.3. The highest BCUT2D eigenvalue weighted by atomic mass is 16.4. The number of carbonyl (C=O) groups is 3. The lowest BCUT2D eigenvalue weighted by Crippen LogP contribution is -2.43. The van der Waals surface area contributed by atoms with Crippen molar-refractivity contribution >= 4 is 17.8 Å². The second-order valence-electron chi connectivity index (χ2n) is 7.43. The fourth-order valence-electron chi connectivity index (χ4n) is 2.46. The van der Waals surface area contributed by atoms with E-state index in [0.29, 0.717) is 12.8 Å². The van der Waals surface area contributed by atoms with Crippen LogP contribution in [-0.4, -0.2) is 28.9 Å². The average Bonchev–Trinajstić information content (AvgIpc) is 2.50. The second-order valence-corrected chi connectivity index (χ2v) is 7.43. The maximum absolute atomic E-state index is 12.3. The van der Waals surface area contributed by atoms with Crippen LogP contribution in [0.15, 0.2) is 30.3 Å². The Morgan fingerprint density at radius 1 is 1.08 bits per heavy atom. The van der Waals surface area contributed by atoms with Crippen LogP contribution in [0, 0.1) is 5.41 Å². The topological polar surface area (TPSA) is 95.5 Å². The van der Waals surface area contributed by atoms with Crippen molar-refractivity contribution in [2.45, 2.75) is 59.0 Å². The first-order chi connectivity index (χ1) is 11.6. The van der Waals surface area contributed by atoms with Crippen molar-refractivity contribution in [3.8, 4) is 0 Å². The van der Waals surface area contributed by atoms with E-state index in [0.717, 1.165) is 5.56 Å². The summed E-state index contributed by atoms with van der Waals surface area (Å²) >= 11 is 0. The molecule has 6 heteroatoms. The van der Waals surface area contributed by atoms with Crippen LogP contribution in [0.2, 0.25) is 0 Å². The number of amides is 2. The Morgan fingerprint density at radius 2 is 1.68 bits per heavy atom. The molecule has 0 spiro atoms. The fraction of sp³-hybridized carbons (Fsp3) is 0.526. The van der Waals surface area contributed by atoms with Gasteiger partial charge < -0.3 is 15.7 Å². The smallest absolute Gasteiger partial charge is 0.326 e. The van der Waals surface area contributed by atoms with Crippen LogP contribution in [0.3, 0.4) is 0 Å². The van der Waals surface area contributed by atoms with E-state index >= 15 is 0 Å². The van der Waals surface area contributed by atoms with Crippen LogP contribution in [0.1, 0.15) is 58.6 Å². The molecule has 138 valence electrons. The predicted molar refractivity (Wildman–Crippen MR) is 95.9 cm³/mol. The van der Waals surface area contributed by atoms with Gasteiger partial charge in [-0.3, -0.25) is 9.59 Å². The molecule has 1 rings (SSSR count). The molecule has 0 aliphatic rings. The minimum atomic E-state index is -1.05. The highest BCUT2D eigenvalue weighted by Crippen LogP contribution is 2.22. The van der Waals surface area contributed by atoms with Gasteiger partial charge >= 0.3 is 5.97 Å². The molecule has 0 aromatic heterocycles. The van der Waals surface area contributed by atoms with E-state index in [1.807, 2.05) is 51.1 Å². The molecule has 1 aromatic rings. The molecule has 0 heterocycles. The van der Waals surface area contributed by atoms with E-state index in [4.69, 9.17) is 0 Å². The van der Waals surface area contributed by atoms with Crippen molar-refractivity contribution in [3.63, 3.8) is 0 Å². The van der Waals surface area contributed by atoms with Crippen molar-refractivity contribution < 1.29 is 19.5 Å². The van der Waals surface area contributed by atoms with Crippen molar-refractivity contribution in [1.82, 2.24) is 10.6 Å². The van der Waals surface area contributed by atoms with Gasteiger partial charge in [0.25, 0.3) is 0 Å². The number of carboxylic acid groups (broad SMARTS) is 1. The van der Waals surface area contributed by atoms with Gasteiger partial charge in [0.05, 0.1) is 12.5 Å². The third kappa shape index (κ3) is 8.33. The SMILES string of the molecule is CC(=O)NC(CC(=O)NC(CCC(C)(C)C)C(=O)O)c1ccccc1. The van der Waals surface area contributed by atoms with E-state index in [-0.39, 0.29) is 17.7 Å². The number of nitrogens with one attached hydrogen (secondary N) is 2. The minimum Gasteiger partial charge on any atom is -0.480 e. The largest absolute Gasteiger partial charge is 0.480 e. The van der Waals surface area contributed by atoms with Crippen LogP contribution < -0.4 is 10.6 Å². The van der Waals surface area contributed by atoms with Crippen molar-refractivity contribution in [1.29, 1.82) is 0 Å². The molecular formula is C19H28N2O4. The third-order valence-corrected chi connectivity index (χ3v) is 3.79. The van der Waals surface area contributed by atoms with Gasteiger partial charge in [-0.15, -0.1) is 0 Å². The molecule has 3 N–H and O–H groups in total. The van der Waals surface area contributed by atoms with E-state index in [1.165, 1.54) is 6.92 Å². The number of aliphatic carboxylic acids is 1. The van der Waals surface area contributed by atoms with Crippen molar-refractivity contribution in [2.75, 3.05) is 0 Å². The minimum absolute atomic E-state index is 0.0110. The summed E-state index contributed by atoms with van der Waals surface area (Å²) in [5.74, 6) is -1.69. The number of hydrogen-bond donors (Lipinski definition) is 3. The summed E-state index contributed by atoms with van der Waals surface area (Å²) in [6, 6.07) is 7.72. The molecule has 0 saturated heterocycles. The van der Waals surface area contributed by atoms with Crippen molar-refractivity contribution in [3.05, 3.63) is 35.9 Å². The normalized spacial score (nSPS) is 13.6. The molecule has 0 aliphatic heterocycles. The number of rotatable bonds is 8. The molecule has 0 radical (unpaired) electrons. The number of carbonyl (C=O) groups excluding carboxylic acids is 2. The van der Waals surface area contributed by atoms with Crippen LogP contribution in [0.5, 0.6) is 0 Å². The summed E-state index contributed by atoms with van der Waals surface area (Å²) in [6.07, 6.45) is 1.03. The Labute approximate surface area is 149 Å². The van der Waals surface area contributed by atoms with E-state index in [2.05, 4.69) is 10.6 Å². The quantitative estimate of drug-likeness (QED) is 0.673. The lowest BCUT2D eigenvalue weighted by molar-refractivity contribution is -0.142. The Balaban J connectivity index is 2.74. The Kier molecular flexibility index (Phi) is 7.61. The molecule has 0 fully saturated rings. The molecule has 6 nitrogen and oxygen atoms in total. The van der Waals surface area contributed by atoms with Crippen LogP contribution >= 0.6 is 0 Å². The average molecular weight is 348 g/mol. The summed E-state index contributed by atoms with van der Waals surface area (Å²) in [7, 11) is 0. The van der Waals surface area contributed by atoms with Crippen LogP contribution in [0.4, 0.5) is 0 Å². The summed E-state index contributed by atoms with van der Waals surface area (Å²) in [5.41, 5.74) is 0.788.